The predicted molar refractivity (Wildman–Crippen MR) is 138 cm³/mol. The highest BCUT2D eigenvalue weighted by Crippen LogP contribution is 2.37. The molecule has 0 saturated carbocycles. The smallest absolute Gasteiger partial charge is 0.229 e. The molecule has 0 unspecified atom stereocenters. The number of piperidine rings is 1. The highest BCUT2D eigenvalue weighted by molar-refractivity contribution is 5.67. The molecule has 0 radical (unpaired) electrons. The van der Waals surface area contributed by atoms with Gasteiger partial charge in [-0.1, -0.05) is 0 Å². The molecule has 0 amide bonds. The van der Waals surface area contributed by atoms with Crippen molar-refractivity contribution in [1.29, 1.82) is 0 Å². The molecule has 3 aromatic rings. The summed E-state index contributed by atoms with van der Waals surface area (Å²) in [5.41, 5.74) is 5.44. The normalized spacial score (nSPS) is 15.1. The molecule has 1 aliphatic rings. The van der Waals surface area contributed by atoms with Gasteiger partial charge in [0, 0.05) is 24.9 Å². The van der Waals surface area contributed by atoms with Gasteiger partial charge in [-0.3, -0.25) is 4.68 Å². The number of aromatic nitrogens is 4. The Morgan fingerprint density at radius 1 is 1.00 bits per heavy atom. The second kappa shape index (κ2) is 10.0. The zero-order valence-electron chi connectivity index (χ0n) is 21.4. The Morgan fingerprint density at radius 3 is 2.38 bits per heavy atom. The molecule has 4 rings (SSSR count). The Balaban J connectivity index is 1.62. The average Bonchev–Trinajstić information content (AvgIpc) is 3.09. The van der Waals surface area contributed by atoms with Crippen LogP contribution in [0.15, 0.2) is 24.4 Å². The molecule has 1 aliphatic heterocycles. The minimum Gasteiger partial charge on any atom is -0.489 e. The van der Waals surface area contributed by atoms with E-state index in [0.717, 1.165) is 47.4 Å². The van der Waals surface area contributed by atoms with Crippen LogP contribution in [0.5, 0.6) is 5.75 Å². The van der Waals surface area contributed by atoms with Crippen molar-refractivity contribution in [2.45, 2.75) is 59.5 Å². The number of aryl methyl sites for hydroxylation is 4. The first-order chi connectivity index (χ1) is 16.2. The average molecular weight is 464 g/mol. The lowest BCUT2D eigenvalue weighted by atomic mass is 9.86. The predicted octanol–water partition coefficient (Wildman–Crippen LogP) is 5.22. The molecule has 8 heteroatoms. The Labute approximate surface area is 202 Å². The van der Waals surface area contributed by atoms with Crippen molar-refractivity contribution in [2.24, 2.45) is 7.05 Å². The molecule has 1 aromatic carbocycles. The quantitative estimate of drug-likeness (QED) is 0.497. The lowest BCUT2D eigenvalue weighted by Gasteiger charge is -2.30. The first-order valence-electron chi connectivity index (χ1n) is 12.1. The Bertz CT molecular complexity index is 1150. The molecule has 1 saturated heterocycles. The summed E-state index contributed by atoms with van der Waals surface area (Å²) < 4.78 is 8.05. The fourth-order valence-corrected chi connectivity index (χ4v) is 4.51. The third-order valence-corrected chi connectivity index (χ3v) is 6.36. The minimum atomic E-state index is 0.0674. The fourth-order valence-electron chi connectivity index (χ4n) is 4.51. The zero-order valence-corrected chi connectivity index (χ0v) is 21.4. The van der Waals surface area contributed by atoms with Crippen molar-refractivity contribution in [3.8, 4) is 5.75 Å². The number of anilines is 4. The van der Waals surface area contributed by atoms with Crippen LogP contribution >= 0.6 is 0 Å². The van der Waals surface area contributed by atoms with Crippen molar-refractivity contribution in [2.75, 3.05) is 30.8 Å². The van der Waals surface area contributed by atoms with Crippen molar-refractivity contribution >= 4 is 23.3 Å². The molecule has 3 heterocycles. The number of nitrogens with zero attached hydrogens (tertiary/aromatic N) is 5. The van der Waals surface area contributed by atoms with Crippen molar-refractivity contribution in [3.63, 3.8) is 0 Å². The summed E-state index contributed by atoms with van der Waals surface area (Å²) in [7, 11) is 4.11. The summed E-state index contributed by atoms with van der Waals surface area (Å²) in [5.74, 6) is 3.55. The van der Waals surface area contributed by atoms with Gasteiger partial charge in [0.2, 0.25) is 5.95 Å². The number of hydrogen-bond acceptors (Lipinski definition) is 7. The number of ether oxygens (including phenoxy) is 1. The number of hydrogen-bond donors (Lipinski definition) is 2. The van der Waals surface area contributed by atoms with E-state index in [4.69, 9.17) is 9.72 Å². The van der Waals surface area contributed by atoms with Crippen molar-refractivity contribution in [3.05, 3.63) is 46.8 Å². The SMILES string of the molecule is Cc1cc(Nc2nc(Nc3cc(C)c(C4CCN(C)CC4)cc3OC(C)C)ncc2C)n(C)n1. The van der Waals surface area contributed by atoms with Crippen molar-refractivity contribution < 1.29 is 4.74 Å². The molecular weight excluding hydrogens is 426 g/mol. The molecule has 182 valence electrons. The van der Waals surface area contributed by atoms with E-state index in [9.17, 15) is 0 Å². The Hall–Kier alpha value is -3.13. The third kappa shape index (κ3) is 5.50. The number of benzene rings is 1. The molecule has 8 nitrogen and oxygen atoms in total. The fraction of sp³-hybridized carbons (Fsp3) is 0.500. The molecule has 34 heavy (non-hydrogen) atoms. The lowest BCUT2D eigenvalue weighted by Crippen LogP contribution is -2.29. The van der Waals surface area contributed by atoms with Gasteiger partial charge < -0.3 is 20.3 Å². The molecular formula is C26H37N7O. The van der Waals surface area contributed by atoms with E-state index >= 15 is 0 Å². The van der Waals surface area contributed by atoms with Gasteiger partial charge >= 0.3 is 0 Å². The van der Waals surface area contributed by atoms with E-state index in [0.29, 0.717) is 11.9 Å². The lowest BCUT2D eigenvalue weighted by molar-refractivity contribution is 0.241. The summed E-state index contributed by atoms with van der Waals surface area (Å²) in [6.07, 6.45) is 4.24. The van der Waals surface area contributed by atoms with E-state index in [1.807, 2.05) is 37.8 Å². The van der Waals surface area contributed by atoms with Crippen LogP contribution in [0.4, 0.5) is 23.3 Å². The molecule has 0 spiro atoms. The monoisotopic (exact) mass is 463 g/mol. The summed E-state index contributed by atoms with van der Waals surface area (Å²) in [6, 6.07) is 6.39. The maximum atomic E-state index is 6.24. The minimum absolute atomic E-state index is 0.0674. The Morgan fingerprint density at radius 2 is 1.74 bits per heavy atom. The van der Waals surface area contributed by atoms with Crippen LogP contribution in [0.3, 0.4) is 0 Å². The largest absolute Gasteiger partial charge is 0.489 e. The number of rotatable bonds is 7. The van der Waals surface area contributed by atoms with Gasteiger partial charge in [0.15, 0.2) is 0 Å². The summed E-state index contributed by atoms with van der Waals surface area (Å²) in [4.78, 5) is 11.7. The molecule has 2 N–H and O–H groups in total. The maximum absolute atomic E-state index is 6.24. The first-order valence-corrected chi connectivity index (χ1v) is 12.1. The van der Waals surface area contributed by atoms with Gasteiger partial charge in [0.25, 0.3) is 0 Å². The molecule has 2 aromatic heterocycles. The highest BCUT2D eigenvalue weighted by Gasteiger charge is 2.22. The number of nitrogens with one attached hydrogen (secondary N) is 2. The van der Waals surface area contributed by atoms with Gasteiger partial charge in [-0.2, -0.15) is 10.1 Å². The van der Waals surface area contributed by atoms with E-state index in [1.165, 1.54) is 24.0 Å². The molecule has 1 fully saturated rings. The van der Waals surface area contributed by atoms with Crippen molar-refractivity contribution in [1.82, 2.24) is 24.6 Å². The molecule has 0 aliphatic carbocycles. The zero-order chi connectivity index (χ0) is 24.4. The maximum Gasteiger partial charge on any atom is 0.229 e. The Kier molecular flexibility index (Phi) is 7.07. The highest BCUT2D eigenvalue weighted by atomic mass is 16.5. The topological polar surface area (TPSA) is 80.1 Å². The van der Waals surface area contributed by atoms with Crippen LogP contribution in [-0.4, -0.2) is 50.9 Å². The van der Waals surface area contributed by atoms with Gasteiger partial charge in [0.1, 0.15) is 17.4 Å². The van der Waals surface area contributed by atoms with E-state index < -0.39 is 0 Å². The summed E-state index contributed by atoms with van der Waals surface area (Å²) >= 11 is 0. The second-order valence-electron chi connectivity index (χ2n) is 9.72. The summed E-state index contributed by atoms with van der Waals surface area (Å²) in [5, 5.41) is 11.2. The van der Waals surface area contributed by atoms with E-state index in [2.05, 4.69) is 65.6 Å². The van der Waals surface area contributed by atoms with Crippen LogP contribution in [0.1, 0.15) is 55.0 Å². The molecule has 0 bridgehead atoms. The third-order valence-electron chi connectivity index (χ3n) is 6.36. The van der Waals surface area contributed by atoms with Crippen LogP contribution in [-0.2, 0) is 7.05 Å². The second-order valence-corrected chi connectivity index (χ2v) is 9.72. The van der Waals surface area contributed by atoms with Crippen LogP contribution in [0.25, 0.3) is 0 Å². The number of likely N-dealkylation sites (tertiary alicyclic amines) is 1. The first kappa shape index (κ1) is 24.0. The van der Waals surface area contributed by atoms with Crippen LogP contribution in [0, 0.1) is 20.8 Å². The van der Waals surface area contributed by atoms with Gasteiger partial charge in [0.05, 0.1) is 17.5 Å². The van der Waals surface area contributed by atoms with Crippen LogP contribution < -0.4 is 15.4 Å². The summed E-state index contributed by atoms with van der Waals surface area (Å²) in [6.45, 7) is 12.5. The van der Waals surface area contributed by atoms with Gasteiger partial charge in [-0.05, 0) is 96.8 Å². The standard InChI is InChI=1S/C26H37N7O/c1-16(2)34-23-14-21(20-8-10-32(6)11-9-20)17(3)12-22(23)28-26-27-15-18(4)25(30-26)29-24-13-19(5)31-33(24)7/h12-16,20H,8-11H2,1-7H3,(H2,27,28,29,30). The van der Waals surface area contributed by atoms with Crippen LogP contribution in [0.2, 0.25) is 0 Å². The van der Waals surface area contributed by atoms with E-state index in [-0.39, 0.29) is 6.10 Å². The molecule has 0 atom stereocenters. The van der Waals surface area contributed by atoms with Gasteiger partial charge in [-0.25, -0.2) is 4.98 Å². The van der Waals surface area contributed by atoms with Gasteiger partial charge in [-0.15, -0.1) is 0 Å². The van der Waals surface area contributed by atoms with E-state index in [1.54, 1.807) is 0 Å².